The first-order valence-corrected chi connectivity index (χ1v) is 11.7. The van der Waals surface area contributed by atoms with E-state index in [0.29, 0.717) is 10.0 Å². The average molecular weight is 468 g/mol. The number of amides is 1. The first-order valence-electron chi connectivity index (χ1n) is 9.01. The van der Waals surface area contributed by atoms with Crippen molar-refractivity contribution in [2.75, 3.05) is 6.54 Å². The van der Waals surface area contributed by atoms with Gasteiger partial charge in [-0.15, -0.1) is 11.3 Å². The molecule has 0 fully saturated rings. The summed E-state index contributed by atoms with van der Waals surface area (Å²) in [6.45, 7) is 3.81. The van der Waals surface area contributed by atoms with Gasteiger partial charge < -0.3 is 5.32 Å². The van der Waals surface area contributed by atoms with Gasteiger partial charge in [-0.3, -0.25) is 4.79 Å². The highest BCUT2D eigenvalue weighted by Crippen LogP contribution is 2.28. The van der Waals surface area contributed by atoms with Crippen molar-refractivity contribution in [3.05, 3.63) is 68.8 Å². The molecule has 0 bridgehead atoms. The Balaban J connectivity index is 1.76. The van der Waals surface area contributed by atoms with E-state index in [-0.39, 0.29) is 23.5 Å². The van der Waals surface area contributed by atoms with Gasteiger partial charge in [0.2, 0.25) is 10.0 Å². The molecule has 3 rings (SSSR count). The number of thiazole rings is 1. The van der Waals surface area contributed by atoms with Crippen LogP contribution in [0.25, 0.3) is 11.3 Å². The maximum absolute atomic E-state index is 14.1. The normalized spacial score (nSPS) is 11.5. The molecule has 0 saturated heterocycles. The van der Waals surface area contributed by atoms with Crippen LogP contribution < -0.4 is 10.0 Å². The Hall–Kier alpha value is -2.33. The van der Waals surface area contributed by atoms with Gasteiger partial charge in [0.25, 0.3) is 5.91 Å². The predicted octanol–water partition coefficient (Wildman–Crippen LogP) is 4.14. The molecule has 0 aliphatic carbocycles. The zero-order valence-corrected chi connectivity index (χ0v) is 18.6. The Morgan fingerprint density at radius 3 is 2.57 bits per heavy atom. The Morgan fingerprint density at radius 2 is 1.90 bits per heavy atom. The number of aromatic nitrogens is 1. The summed E-state index contributed by atoms with van der Waals surface area (Å²) in [5.41, 5.74) is 1.34. The van der Waals surface area contributed by atoms with Crippen LogP contribution in [0.3, 0.4) is 0 Å². The molecule has 1 amide bonds. The summed E-state index contributed by atoms with van der Waals surface area (Å²) in [5, 5.41) is 3.87. The van der Waals surface area contributed by atoms with Crippen molar-refractivity contribution in [3.8, 4) is 11.3 Å². The van der Waals surface area contributed by atoms with Gasteiger partial charge in [0.15, 0.2) is 0 Å². The minimum atomic E-state index is -3.80. The molecule has 0 saturated carbocycles. The van der Waals surface area contributed by atoms with Crippen LogP contribution in [0, 0.1) is 12.7 Å². The van der Waals surface area contributed by atoms with E-state index in [1.54, 1.807) is 19.1 Å². The number of hydrogen-bond acceptors (Lipinski definition) is 5. The van der Waals surface area contributed by atoms with Crippen LogP contribution in [0.4, 0.5) is 4.39 Å². The number of hydrogen-bond donors (Lipinski definition) is 2. The quantitative estimate of drug-likeness (QED) is 0.546. The van der Waals surface area contributed by atoms with E-state index in [1.165, 1.54) is 11.3 Å². The lowest BCUT2D eigenvalue weighted by molar-refractivity contribution is 0.0946. The monoisotopic (exact) mass is 467 g/mol. The van der Waals surface area contributed by atoms with Crippen molar-refractivity contribution in [1.29, 1.82) is 0 Å². The molecule has 1 heterocycles. The first kappa shape index (κ1) is 22.4. The summed E-state index contributed by atoms with van der Waals surface area (Å²) < 4.78 is 40.7. The predicted molar refractivity (Wildman–Crippen MR) is 116 cm³/mol. The molecule has 0 spiro atoms. The highest BCUT2D eigenvalue weighted by molar-refractivity contribution is 7.89. The molecule has 0 aliphatic heterocycles. The molecule has 3 aromatic rings. The fraction of sp³-hybridized carbons (Fsp3) is 0.200. The third-order valence-corrected chi connectivity index (χ3v) is 6.95. The molecule has 1 aromatic heterocycles. The van der Waals surface area contributed by atoms with E-state index in [2.05, 4.69) is 15.0 Å². The third kappa shape index (κ3) is 5.04. The van der Waals surface area contributed by atoms with Crippen molar-refractivity contribution in [2.24, 2.45) is 0 Å². The lowest BCUT2D eigenvalue weighted by atomic mass is 10.1. The number of halogens is 2. The zero-order chi connectivity index (χ0) is 21.9. The lowest BCUT2D eigenvalue weighted by Gasteiger charge is -2.08. The molecular weight excluding hydrogens is 449 g/mol. The van der Waals surface area contributed by atoms with Crippen LogP contribution in [0.5, 0.6) is 0 Å². The van der Waals surface area contributed by atoms with Gasteiger partial charge in [-0.1, -0.05) is 30.7 Å². The second-order valence-corrected chi connectivity index (χ2v) is 9.84. The van der Waals surface area contributed by atoms with E-state index < -0.39 is 21.7 Å². The second kappa shape index (κ2) is 9.22. The molecule has 0 aliphatic rings. The minimum Gasteiger partial charge on any atom is -0.345 e. The molecule has 0 atom stereocenters. The van der Waals surface area contributed by atoms with E-state index in [0.717, 1.165) is 34.3 Å². The van der Waals surface area contributed by atoms with Gasteiger partial charge in [-0.05, 0) is 37.3 Å². The van der Waals surface area contributed by atoms with Crippen molar-refractivity contribution < 1.29 is 17.6 Å². The van der Waals surface area contributed by atoms with Crippen LogP contribution in [0.1, 0.15) is 27.2 Å². The minimum absolute atomic E-state index is 0.0849. The summed E-state index contributed by atoms with van der Waals surface area (Å²) in [5.74, 6) is -1.53. The Morgan fingerprint density at radius 1 is 1.20 bits per heavy atom. The molecular formula is C20H19ClFN3O3S2. The largest absolute Gasteiger partial charge is 0.345 e. The second-order valence-electron chi connectivity index (χ2n) is 6.34. The number of aryl methyl sites for hydroxylation is 1. The number of benzene rings is 2. The van der Waals surface area contributed by atoms with Crippen LogP contribution in [0.15, 0.2) is 47.4 Å². The Kier molecular flexibility index (Phi) is 6.87. The molecule has 30 heavy (non-hydrogen) atoms. The van der Waals surface area contributed by atoms with Crippen molar-refractivity contribution in [1.82, 2.24) is 15.0 Å². The lowest BCUT2D eigenvalue weighted by Crippen LogP contribution is -2.26. The maximum atomic E-state index is 14.1. The number of rotatable bonds is 7. The number of sulfonamides is 1. The van der Waals surface area contributed by atoms with Gasteiger partial charge in [0, 0.05) is 22.0 Å². The molecule has 2 N–H and O–H groups in total. The molecule has 0 radical (unpaired) electrons. The maximum Gasteiger partial charge on any atom is 0.254 e. The molecule has 0 unspecified atom stereocenters. The Bertz CT molecular complexity index is 1180. The van der Waals surface area contributed by atoms with Crippen molar-refractivity contribution >= 4 is 38.9 Å². The van der Waals surface area contributed by atoms with Crippen LogP contribution in [-0.4, -0.2) is 25.9 Å². The van der Waals surface area contributed by atoms with Gasteiger partial charge in [-0.25, -0.2) is 22.5 Å². The fourth-order valence-electron chi connectivity index (χ4n) is 2.77. The standard InChI is InChI=1S/C20H19ClFN3O3S2/c1-3-24-30(27,28)15-8-9-17(22)16(10-15)20(26)23-11-18-25-19(12(2)29-18)13-4-6-14(21)7-5-13/h4-10,24H,3,11H2,1-2H3,(H,23,26). The zero-order valence-electron chi connectivity index (χ0n) is 16.2. The van der Waals surface area contributed by atoms with Crippen molar-refractivity contribution in [3.63, 3.8) is 0 Å². The van der Waals surface area contributed by atoms with E-state index in [4.69, 9.17) is 11.6 Å². The van der Waals surface area contributed by atoms with E-state index >= 15 is 0 Å². The molecule has 6 nitrogen and oxygen atoms in total. The number of carbonyl (C=O) groups is 1. The summed E-state index contributed by atoms with van der Waals surface area (Å²) in [7, 11) is -3.80. The molecule has 10 heteroatoms. The highest BCUT2D eigenvalue weighted by Gasteiger charge is 2.19. The smallest absolute Gasteiger partial charge is 0.254 e. The van der Waals surface area contributed by atoms with Crippen LogP contribution in [-0.2, 0) is 16.6 Å². The van der Waals surface area contributed by atoms with Crippen molar-refractivity contribution in [2.45, 2.75) is 25.3 Å². The van der Waals surface area contributed by atoms with Crippen LogP contribution in [0.2, 0.25) is 5.02 Å². The van der Waals surface area contributed by atoms with Gasteiger partial charge >= 0.3 is 0 Å². The van der Waals surface area contributed by atoms with E-state index in [1.807, 2.05) is 19.1 Å². The van der Waals surface area contributed by atoms with Gasteiger partial charge in [0.05, 0.1) is 22.7 Å². The SMILES string of the molecule is CCNS(=O)(=O)c1ccc(F)c(C(=O)NCc2nc(-c3ccc(Cl)cc3)c(C)s2)c1. The number of nitrogens with zero attached hydrogens (tertiary/aromatic N) is 1. The summed E-state index contributed by atoms with van der Waals surface area (Å²) in [4.78, 5) is 17.8. The summed E-state index contributed by atoms with van der Waals surface area (Å²) in [6, 6.07) is 10.4. The van der Waals surface area contributed by atoms with Gasteiger partial charge in [0.1, 0.15) is 10.8 Å². The Labute approximate surface area is 183 Å². The topological polar surface area (TPSA) is 88.2 Å². The summed E-state index contributed by atoms with van der Waals surface area (Å²) in [6.07, 6.45) is 0. The molecule has 158 valence electrons. The average Bonchev–Trinajstić information content (AvgIpc) is 3.07. The van der Waals surface area contributed by atoms with Gasteiger partial charge in [-0.2, -0.15) is 0 Å². The highest BCUT2D eigenvalue weighted by atomic mass is 35.5. The molecule has 2 aromatic carbocycles. The third-order valence-electron chi connectivity index (χ3n) is 4.19. The summed E-state index contributed by atoms with van der Waals surface area (Å²) >= 11 is 7.33. The number of nitrogens with one attached hydrogen (secondary N) is 2. The fourth-order valence-corrected chi connectivity index (χ4v) is 4.86. The van der Waals surface area contributed by atoms with Crippen LogP contribution >= 0.6 is 22.9 Å². The number of carbonyl (C=O) groups excluding carboxylic acids is 1. The first-order chi connectivity index (χ1) is 14.2. The van der Waals surface area contributed by atoms with E-state index in [9.17, 15) is 17.6 Å².